The number of aryl methyl sites for hydroxylation is 1. The van der Waals surface area contributed by atoms with Crippen LogP contribution in [0.3, 0.4) is 0 Å². The average molecular weight is 315 g/mol. The fraction of sp³-hybridized carbons (Fsp3) is 0.500. The van der Waals surface area contributed by atoms with E-state index in [9.17, 15) is 0 Å². The number of hydrogen-bond acceptors (Lipinski definition) is 2. The maximum atomic E-state index is 5.55. The highest BCUT2D eigenvalue weighted by Gasteiger charge is 2.27. The molecule has 1 aromatic heterocycles. The number of rotatable bonds is 3. The number of benzene rings is 1. The minimum absolute atomic E-state index is 0.109. The van der Waals surface area contributed by atoms with Crippen molar-refractivity contribution in [1.29, 1.82) is 0 Å². The average Bonchev–Trinajstić information content (AvgIpc) is 2.68. The van der Waals surface area contributed by atoms with Crippen molar-refractivity contribution in [3.8, 4) is 0 Å². The van der Waals surface area contributed by atoms with Crippen molar-refractivity contribution in [3.63, 3.8) is 0 Å². The topological polar surface area (TPSA) is 24.0 Å². The Balaban J connectivity index is 2.11. The summed E-state index contributed by atoms with van der Waals surface area (Å²) in [5, 5.41) is 0. The highest BCUT2D eigenvalue weighted by Crippen LogP contribution is 2.30. The Morgan fingerprint density at radius 2 is 2.18 bits per heavy atom. The van der Waals surface area contributed by atoms with E-state index in [-0.39, 0.29) is 5.41 Å². The van der Waals surface area contributed by atoms with Gasteiger partial charge in [-0.3, -0.25) is 4.90 Å². The van der Waals surface area contributed by atoms with E-state index in [1.807, 2.05) is 0 Å². The second-order valence-corrected chi connectivity index (χ2v) is 7.63. The van der Waals surface area contributed by atoms with Crippen LogP contribution in [-0.4, -0.2) is 27.0 Å². The highest BCUT2D eigenvalue weighted by atomic mass is 32.1. The summed E-state index contributed by atoms with van der Waals surface area (Å²) in [6.45, 7) is 15.9. The largest absolute Gasteiger partial charge is 0.331 e. The molecular weight excluding hydrogens is 290 g/mol. The van der Waals surface area contributed by atoms with E-state index in [2.05, 4.69) is 66.9 Å². The molecule has 0 saturated heterocycles. The molecule has 0 aliphatic carbocycles. The van der Waals surface area contributed by atoms with Crippen LogP contribution in [0.15, 0.2) is 24.8 Å². The van der Waals surface area contributed by atoms with E-state index in [0.717, 1.165) is 29.9 Å². The summed E-state index contributed by atoms with van der Waals surface area (Å²) in [6.07, 6.45) is 2.06. The van der Waals surface area contributed by atoms with Crippen LogP contribution in [0.25, 0.3) is 11.0 Å². The molecule has 1 aliphatic rings. The lowest BCUT2D eigenvalue weighted by Gasteiger charge is -2.34. The van der Waals surface area contributed by atoms with E-state index in [4.69, 9.17) is 12.2 Å². The molecule has 118 valence electrons. The monoisotopic (exact) mass is 315 g/mol. The molecule has 0 bridgehead atoms. The van der Waals surface area contributed by atoms with Gasteiger partial charge in [0.1, 0.15) is 0 Å². The Morgan fingerprint density at radius 1 is 1.45 bits per heavy atom. The standard InChI is InChI=1S/C18H25N3S/c1-6-18(4,5)11-20-10-14-12(2)7-8-15-16(14)21(9-13(20)3)17(22)19-15/h6-8,13H,1,9-11H2,2-5H3,(H,19,22)/t13-/m0/s1. The molecule has 2 aromatic rings. The van der Waals surface area contributed by atoms with Gasteiger partial charge in [0.25, 0.3) is 0 Å². The predicted molar refractivity (Wildman–Crippen MR) is 95.7 cm³/mol. The molecule has 4 heteroatoms. The zero-order valence-corrected chi connectivity index (χ0v) is 14.8. The molecular formula is C18H25N3S. The van der Waals surface area contributed by atoms with Crippen LogP contribution in [-0.2, 0) is 13.1 Å². The van der Waals surface area contributed by atoms with Crippen molar-refractivity contribution < 1.29 is 0 Å². The smallest absolute Gasteiger partial charge is 0.178 e. The van der Waals surface area contributed by atoms with E-state index in [0.29, 0.717) is 6.04 Å². The first-order valence-corrected chi connectivity index (χ1v) is 8.32. The Labute approximate surface area is 137 Å². The molecule has 22 heavy (non-hydrogen) atoms. The molecule has 0 radical (unpaired) electrons. The Bertz CT molecular complexity index is 781. The van der Waals surface area contributed by atoms with Crippen LogP contribution >= 0.6 is 12.2 Å². The van der Waals surface area contributed by atoms with Crippen LogP contribution in [0.1, 0.15) is 31.9 Å². The van der Waals surface area contributed by atoms with Crippen LogP contribution in [0.5, 0.6) is 0 Å². The van der Waals surface area contributed by atoms with Gasteiger partial charge in [-0.1, -0.05) is 26.0 Å². The molecule has 1 aromatic carbocycles. The quantitative estimate of drug-likeness (QED) is 0.669. The summed E-state index contributed by atoms with van der Waals surface area (Å²) in [4.78, 5) is 5.91. The third kappa shape index (κ3) is 2.55. The van der Waals surface area contributed by atoms with Gasteiger partial charge in [0, 0.05) is 25.7 Å². The zero-order chi connectivity index (χ0) is 16.1. The Morgan fingerprint density at radius 3 is 2.86 bits per heavy atom. The molecule has 0 amide bonds. The summed E-state index contributed by atoms with van der Waals surface area (Å²) < 4.78 is 3.11. The van der Waals surface area contributed by atoms with Gasteiger partial charge >= 0.3 is 0 Å². The maximum Gasteiger partial charge on any atom is 0.178 e. The SMILES string of the molecule is C=CC(C)(C)CN1Cc2c(C)ccc3[nH]c(=S)n(c23)C[C@@H]1C. The highest BCUT2D eigenvalue weighted by molar-refractivity contribution is 7.71. The minimum atomic E-state index is 0.109. The first-order valence-electron chi connectivity index (χ1n) is 7.91. The van der Waals surface area contributed by atoms with E-state index < -0.39 is 0 Å². The molecule has 3 rings (SSSR count). The second-order valence-electron chi connectivity index (χ2n) is 7.24. The Hall–Kier alpha value is -1.39. The van der Waals surface area contributed by atoms with Gasteiger partial charge in [-0.15, -0.1) is 6.58 Å². The van der Waals surface area contributed by atoms with Crippen molar-refractivity contribution in [2.24, 2.45) is 5.41 Å². The molecule has 2 heterocycles. The number of nitrogens with one attached hydrogen (secondary N) is 1. The van der Waals surface area contributed by atoms with Crippen molar-refractivity contribution in [1.82, 2.24) is 14.5 Å². The predicted octanol–water partition coefficient (Wildman–Crippen LogP) is 4.42. The van der Waals surface area contributed by atoms with Gasteiger partial charge in [-0.2, -0.15) is 0 Å². The summed E-state index contributed by atoms with van der Waals surface area (Å²) in [5.41, 5.74) is 5.29. The van der Waals surface area contributed by atoms with Crippen LogP contribution in [0.4, 0.5) is 0 Å². The zero-order valence-electron chi connectivity index (χ0n) is 13.9. The van der Waals surface area contributed by atoms with E-state index >= 15 is 0 Å². The van der Waals surface area contributed by atoms with Crippen molar-refractivity contribution in [3.05, 3.63) is 40.7 Å². The molecule has 1 atom stereocenters. The number of hydrogen-bond donors (Lipinski definition) is 1. The van der Waals surface area contributed by atoms with Gasteiger partial charge in [0.05, 0.1) is 11.0 Å². The van der Waals surface area contributed by atoms with E-state index in [1.165, 1.54) is 16.6 Å². The van der Waals surface area contributed by atoms with Gasteiger partial charge in [0.15, 0.2) is 4.77 Å². The van der Waals surface area contributed by atoms with Gasteiger partial charge in [-0.05, 0) is 48.7 Å². The molecule has 1 N–H and O–H groups in total. The Kier molecular flexibility index (Phi) is 3.77. The summed E-state index contributed by atoms with van der Waals surface area (Å²) >= 11 is 5.55. The first-order chi connectivity index (χ1) is 10.3. The molecule has 3 nitrogen and oxygen atoms in total. The maximum absolute atomic E-state index is 5.55. The number of imidazole rings is 1. The van der Waals surface area contributed by atoms with E-state index in [1.54, 1.807) is 0 Å². The van der Waals surface area contributed by atoms with Crippen LogP contribution in [0, 0.1) is 17.1 Å². The second kappa shape index (κ2) is 5.36. The summed E-state index contributed by atoms with van der Waals surface area (Å²) in [5.74, 6) is 0. The fourth-order valence-corrected chi connectivity index (χ4v) is 3.62. The molecule has 0 spiro atoms. The van der Waals surface area contributed by atoms with Crippen molar-refractivity contribution >= 4 is 23.3 Å². The van der Waals surface area contributed by atoms with Crippen molar-refractivity contribution in [2.45, 2.75) is 46.8 Å². The molecule has 1 aliphatic heterocycles. The number of H-pyrrole nitrogens is 1. The third-order valence-corrected chi connectivity index (χ3v) is 5.19. The lowest BCUT2D eigenvalue weighted by atomic mass is 9.92. The minimum Gasteiger partial charge on any atom is -0.331 e. The van der Waals surface area contributed by atoms with Crippen LogP contribution < -0.4 is 0 Å². The van der Waals surface area contributed by atoms with Gasteiger partial charge < -0.3 is 9.55 Å². The lowest BCUT2D eigenvalue weighted by Crippen LogP contribution is -2.40. The number of nitrogens with zero attached hydrogens (tertiary/aromatic N) is 2. The lowest BCUT2D eigenvalue weighted by molar-refractivity contribution is 0.144. The summed E-state index contributed by atoms with van der Waals surface area (Å²) in [7, 11) is 0. The molecule has 0 unspecified atom stereocenters. The fourth-order valence-electron chi connectivity index (χ4n) is 3.34. The first kappa shape index (κ1) is 15.5. The van der Waals surface area contributed by atoms with Gasteiger partial charge in [0.2, 0.25) is 0 Å². The molecule has 0 fully saturated rings. The van der Waals surface area contributed by atoms with Gasteiger partial charge in [-0.25, -0.2) is 0 Å². The van der Waals surface area contributed by atoms with Crippen molar-refractivity contribution in [2.75, 3.05) is 6.54 Å². The number of aromatic nitrogens is 2. The molecule has 0 saturated carbocycles. The summed E-state index contributed by atoms with van der Waals surface area (Å²) in [6, 6.07) is 4.78. The number of aromatic amines is 1. The van der Waals surface area contributed by atoms with Crippen LogP contribution in [0.2, 0.25) is 0 Å². The third-order valence-electron chi connectivity index (χ3n) is 4.87. The normalized spacial score (nSPS) is 19.4.